The topological polar surface area (TPSA) is 82.7 Å². The summed E-state index contributed by atoms with van der Waals surface area (Å²) in [5.41, 5.74) is 4.10. The van der Waals surface area contributed by atoms with Gasteiger partial charge in [-0.1, -0.05) is 60.7 Å². The minimum Gasteiger partial charge on any atom is -0.446 e. The number of hydrogen-bond donors (Lipinski definition) is 3. The minimum absolute atomic E-state index is 0.115. The number of para-hydroxylation sites is 1. The summed E-state index contributed by atoms with van der Waals surface area (Å²) in [6, 6.07) is 24.5. The Kier molecular flexibility index (Phi) is 10.8. The van der Waals surface area contributed by atoms with E-state index >= 15 is 0 Å². The predicted molar refractivity (Wildman–Crippen MR) is 154 cm³/mol. The number of likely N-dealkylation sites (tertiary alicyclic amines) is 1. The summed E-state index contributed by atoms with van der Waals surface area (Å²) in [6.45, 7) is 2.23. The van der Waals surface area contributed by atoms with Crippen LogP contribution >= 0.6 is 0 Å². The number of ether oxygens (including phenoxy) is 1. The molecule has 2 amide bonds. The third-order valence-electron chi connectivity index (χ3n) is 6.86. The summed E-state index contributed by atoms with van der Waals surface area (Å²) >= 11 is 0. The van der Waals surface area contributed by atoms with Gasteiger partial charge in [-0.05, 0) is 42.2 Å². The average Bonchev–Trinajstić information content (AvgIpc) is 2.96. The standard InChI is InChI=1S/C31H35F3N4O3/c32-31(33,34)17-18-35-22-23-10-12-25(13-11-23)36-29(39)16-21-38-19-14-26(15-20-38)41-30(40)37-28-9-5-4-8-27(28)24-6-2-1-3-7-24/h1-13,26,35H,14-22H2,(H,36,39)(H,37,40). The normalized spacial score (nSPS) is 14.4. The number of nitrogens with one attached hydrogen (secondary N) is 3. The molecule has 1 aliphatic rings. The molecule has 218 valence electrons. The lowest BCUT2D eigenvalue weighted by Gasteiger charge is -2.31. The van der Waals surface area contributed by atoms with Gasteiger partial charge in [0, 0.05) is 50.4 Å². The highest BCUT2D eigenvalue weighted by molar-refractivity contribution is 5.92. The van der Waals surface area contributed by atoms with E-state index in [1.165, 1.54) is 0 Å². The number of carbonyl (C=O) groups excluding carboxylic acids is 2. The van der Waals surface area contributed by atoms with E-state index in [4.69, 9.17) is 4.74 Å². The summed E-state index contributed by atoms with van der Waals surface area (Å²) in [5.74, 6) is -0.115. The van der Waals surface area contributed by atoms with E-state index in [0.717, 1.165) is 29.8 Å². The van der Waals surface area contributed by atoms with E-state index in [9.17, 15) is 22.8 Å². The lowest BCUT2D eigenvalue weighted by Crippen LogP contribution is -2.39. The average molecular weight is 569 g/mol. The van der Waals surface area contributed by atoms with Crippen LogP contribution in [-0.4, -0.2) is 55.4 Å². The van der Waals surface area contributed by atoms with Crippen molar-refractivity contribution in [3.8, 4) is 11.1 Å². The van der Waals surface area contributed by atoms with Crippen LogP contribution in [0.15, 0.2) is 78.9 Å². The van der Waals surface area contributed by atoms with E-state index in [-0.39, 0.29) is 18.6 Å². The molecule has 0 atom stereocenters. The van der Waals surface area contributed by atoms with Gasteiger partial charge in [-0.15, -0.1) is 0 Å². The molecular weight excluding hydrogens is 533 g/mol. The molecule has 0 radical (unpaired) electrons. The highest BCUT2D eigenvalue weighted by atomic mass is 19.4. The molecular formula is C31H35F3N4O3. The highest BCUT2D eigenvalue weighted by Crippen LogP contribution is 2.28. The van der Waals surface area contributed by atoms with Gasteiger partial charge in [-0.2, -0.15) is 13.2 Å². The fourth-order valence-electron chi connectivity index (χ4n) is 4.66. The van der Waals surface area contributed by atoms with Gasteiger partial charge in [0.15, 0.2) is 0 Å². The van der Waals surface area contributed by atoms with Crippen molar-refractivity contribution in [3.63, 3.8) is 0 Å². The van der Waals surface area contributed by atoms with Gasteiger partial charge < -0.3 is 20.3 Å². The smallest absolute Gasteiger partial charge is 0.411 e. The van der Waals surface area contributed by atoms with Crippen LogP contribution in [0.5, 0.6) is 0 Å². The Morgan fingerprint density at radius 3 is 2.27 bits per heavy atom. The van der Waals surface area contributed by atoms with Gasteiger partial charge in [0.1, 0.15) is 6.10 Å². The third-order valence-corrected chi connectivity index (χ3v) is 6.86. The van der Waals surface area contributed by atoms with Crippen molar-refractivity contribution in [1.29, 1.82) is 0 Å². The Morgan fingerprint density at radius 1 is 0.878 bits per heavy atom. The summed E-state index contributed by atoms with van der Waals surface area (Å²) in [6.07, 6.45) is -4.01. The first-order chi connectivity index (χ1) is 19.7. The van der Waals surface area contributed by atoms with Crippen molar-refractivity contribution in [2.45, 2.75) is 44.5 Å². The first-order valence-electron chi connectivity index (χ1n) is 13.8. The molecule has 1 saturated heterocycles. The van der Waals surface area contributed by atoms with Crippen LogP contribution in [0.1, 0.15) is 31.2 Å². The fraction of sp³-hybridized carbons (Fsp3) is 0.355. The molecule has 3 aromatic carbocycles. The molecule has 3 aromatic rings. The molecule has 3 N–H and O–H groups in total. The molecule has 1 aliphatic heterocycles. The lowest BCUT2D eigenvalue weighted by atomic mass is 10.0. The largest absolute Gasteiger partial charge is 0.446 e. The van der Waals surface area contributed by atoms with Crippen LogP contribution in [0.2, 0.25) is 0 Å². The Hall–Kier alpha value is -3.89. The van der Waals surface area contributed by atoms with Crippen molar-refractivity contribution in [3.05, 3.63) is 84.4 Å². The lowest BCUT2D eigenvalue weighted by molar-refractivity contribution is -0.133. The van der Waals surface area contributed by atoms with Crippen LogP contribution in [-0.2, 0) is 16.1 Å². The molecule has 0 bridgehead atoms. The summed E-state index contributed by atoms with van der Waals surface area (Å²) in [4.78, 5) is 27.2. The number of alkyl halides is 3. The number of anilines is 2. The second kappa shape index (κ2) is 14.7. The summed E-state index contributed by atoms with van der Waals surface area (Å²) in [5, 5.41) is 8.50. The number of amides is 2. The maximum atomic E-state index is 12.6. The first kappa shape index (κ1) is 30.1. The molecule has 0 aromatic heterocycles. The maximum Gasteiger partial charge on any atom is 0.411 e. The number of piperidine rings is 1. The summed E-state index contributed by atoms with van der Waals surface area (Å²) in [7, 11) is 0. The van der Waals surface area contributed by atoms with Crippen LogP contribution < -0.4 is 16.0 Å². The van der Waals surface area contributed by atoms with Gasteiger partial charge in [-0.3, -0.25) is 10.1 Å². The SMILES string of the molecule is O=C(CCN1CCC(OC(=O)Nc2ccccc2-c2ccccc2)CC1)Nc1ccc(CNCCC(F)(F)F)cc1. The van der Waals surface area contributed by atoms with Gasteiger partial charge in [0.05, 0.1) is 12.1 Å². The second-order valence-corrected chi connectivity index (χ2v) is 10.0. The number of carbonyl (C=O) groups is 2. The molecule has 0 spiro atoms. The van der Waals surface area contributed by atoms with E-state index in [1.54, 1.807) is 24.3 Å². The Morgan fingerprint density at radius 2 is 1.56 bits per heavy atom. The van der Waals surface area contributed by atoms with Gasteiger partial charge in [0.2, 0.25) is 5.91 Å². The van der Waals surface area contributed by atoms with Crippen LogP contribution in [0.3, 0.4) is 0 Å². The summed E-state index contributed by atoms with van der Waals surface area (Å²) < 4.78 is 42.3. The number of benzene rings is 3. The number of rotatable bonds is 11. The monoisotopic (exact) mass is 568 g/mol. The second-order valence-electron chi connectivity index (χ2n) is 10.0. The van der Waals surface area contributed by atoms with Gasteiger partial charge in [-0.25, -0.2) is 4.79 Å². The van der Waals surface area contributed by atoms with Crippen molar-refractivity contribution < 1.29 is 27.5 Å². The van der Waals surface area contributed by atoms with Crippen molar-refractivity contribution in [2.75, 3.05) is 36.8 Å². The number of halogens is 3. The highest BCUT2D eigenvalue weighted by Gasteiger charge is 2.26. The Labute approximate surface area is 238 Å². The van der Waals surface area contributed by atoms with E-state index in [2.05, 4.69) is 20.9 Å². The van der Waals surface area contributed by atoms with Crippen molar-refractivity contribution in [1.82, 2.24) is 10.2 Å². The molecule has 1 heterocycles. The zero-order valence-corrected chi connectivity index (χ0v) is 22.8. The van der Waals surface area contributed by atoms with Crippen molar-refractivity contribution in [2.24, 2.45) is 0 Å². The fourth-order valence-corrected chi connectivity index (χ4v) is 4.66. The molecule has 41 heavy (non-hydrogen) atoms. The molecule has 0 unspecified atom stereocenters. The van der Waals surface area contributed by atoms with Crippen molar-refractivity contribution >= 4 is 23.4 Å². The maximum absolute atomic E-state index is 12.6. The predicted octanol–water partition coefficient (Wildman–Crippen LogP) is 6.44. The van der Waals surface area contributed by atoms with E-state index < -0.39 is 18.7 Å². The Balaban J connectivity index is 1.13. The van der Waals surface area contributed by atoms with Crippen LogP contribution in [0.25, 0.3) is 11.1 Å². The van der Waals surface area contributed by atoms with Crippen LogP contribution in [0, 0.1) is 0 Å². The Bertz CT molecular complexity index is 1260. The third kappa shape index (κ3) is 10.2. The number of nitrogens with zero attached hydrogens (tertiary/aromatic N) is 1. The molecule has 0 saturated carbocycles. The van der Waals surface area contributed by atoms with Gasteiger partial charge >= 0.3 is 12.3 Å². The zero-order chi connectivity index (χ0) is 29.1. The first-order valence-corrected chi connectivity index (χ1v) is 13.8. The molecule has 7 nitrogen and oxygen atoms in total. The van der Waals surface area contributed by atoms with Gasteiger partial charge in [0.25, 0.3) is 0 Å². The number of hydrogen-bond acceptors (Lipinski definition) is 5. The molecule has 1 fully saturated rings. The van der Waals surface area contributed by atoms with E-state index in [1.807, 2.05) is 54.6 Å². The minimum atomic E-state index is -4.17. The molecule has 10 heteroatoms. The molecule has 4 rings (SSSR count). The quantitative estimate of drug-likeness (QED) is 0.232. The molecule has 0 aliphatic carbocycles. The zero-order valence-electron chi connectivity index (χ0n) is 22.8. The van der Waals surface area contributed by atoms with Crippen LogP contribution in [0.4, 0.5) is 29.3 Å². The van der Waals surface area contributed by atoms with E-state index in [0.29, 0.717) is 43.7 Å².